The summed E-state index contributed by atoms with van der Waals surface area (Å²) in [5, 5.41) is 10.2. The van der Waals surface area contributed by atoms with Crippen LogP contribution in [0.25, 0.3) is 10.6 Å². The lowest BCUT2D eigenvalue weighted by molar-refractivity contribution is 0.415. The lowest BCUT2D eigenvalue weighted by Gasteiger charge is -2.22. The van der Waals surface area contributed by atoms with Gasteiger partial charge in [0.1, 0.15) is 10.8 Å². The molecule has 1 aliphatic rings. The number of para-hydroxylation sites is 2. The molecule has 0 saturated carbocycles. The Bertz CT molecular complexity index is 1010. The fourth-order valence-electron chi connectivity index (χ4n) is 3.82. The van der Waals surface area contributed by atoms with Gasteiger partial charge in [-0.15, -0.1) is 35.3 Å². The van der Waals surface area contributed by atoms with Crippen LogP contribution in [-0.2, 0) is 6.42 Å². The van der Waals surface area contributed by atoms with E-state index in [1.807, 2.05) is 37.4 Å². The minimum atomic E-state index is 0. The van der Waals surface area contributed by atoms with E-state index < -0.39 is 0 Å². The van der Waals surface area contributed by atoms with Crippen molar-refractivity contribution in [1.29, 1.82) is 0 Å². The normalized spacial score (nSPS) is 15.9. The molecular weight excluding hydrogens is 533 g/mol. The molecule has 32 heavy (non-hydrogen) atoms. The Hall–Kier alpha value is -2.33. The van der Waals surface area contributed by atoms with E-state index in [1.165, 1.54) is 5.56 Å². The maximum Gasteiger partial charge on any atom is 0.191 e. The van der Waals surface area contributed by atoms with Crippen molar-refractivity contribution in [2.45, 2.75) is 18.9 Å². The highest BCUT2D eigenvalue weighted by Gasteiger charge is 2.25. The molecule has 170 valence electrons. The fraction of sp³-hybridized carbons (Fsp3) is 0.333. The van der Waals surface area contributed by atoms with Crippen LogP contribution in [0.4, 0.5) is 5.69 Å². The van der Waals surface area contributed by atoms with E-state index in [9.17, 15) is 0 Å². The number of guanidine groups is 1. The smallest absolute Gasteiger partial charge is 0.191 e. The quantitative estimate of drug-likeness (QED) is 0.253. The second-order valence-corrected chi connectivity index (χ2v) is 8.36. The number of methoxy groups -OCH3 is 1. The fourth-order valence-corrected chi connectivity index (χ4v) is 4.68. The summed E-state index contributed by atoms with van der Waals surface area (Å²) in [5.41, 5.74) is 3.43. The molecule has 6 nitrogen and oxygen atoms in total. The van der Waals surface area contributed by atoms with Gasteiger partial charge in [0.25, 0.3) is 0 Å². The zero-order valence-electron chi connectivity index (χ0n) is 18.5. The molecule has 1 unspecified atom stereocenters. The number of hydrogen-bond donors (Lipinski definition) is 2. The first-order valence-electron chi connectivity index (χ1n) is 10.6. The maximum atomic E-state index is 5.52. The molecule has 8 heteroatoms. The number of aromatic nitrogens is 1. The molecule has 0 aliphatic carbocycles. The van der Waals surface area contributed by atoms with E-state index in [1.54, 1.807) is 18.4 Å². The van der Waals surface area contributed by atoms with Crippen LogP contribution in [0.15, 0.2) is 65.0 Å². The van der Waals surface area contributed by atoms with E-state index in [0.717, 1.165) is 60.6 Å². The third kappa shape index (κ3) is 6.13. The van der Waals surface area contributed by atoms with Gasteiger partial charge in [0, 0.05) is 50.1 Å². The Morgan fingerprint density at radius 1 is 1.19 bits per heavy atom. The summed E-state index contributed by atoms with van der Waals surface area (Å²) in [5.74, 6) is 1.76. The molecule has 0 bridgehead atoms. The molecule has 1 atom stereocenters. The first kappa shape index (κ1) is 24.3. The van der Waals surface area contributed by atoms with E-state index >= 15 is 0 Å². The summed E-state index contributed by atoms with van der Waals surface area (Å²) in [6.45, 7) is 2.71. The lowest BCUT2D eigenvalue weighted by atomic mass is 10.2. The summed E-state index contributed by atoms with van der Waals surface area (Å²) in [7, 11) is 3.54. The van der Waals surface area contributed by atoms with Crippen molar-refractivity contribution in [2.24, 2.45) is 4.99 Å². The van der Waals surface area contributed by atoms with Gasteiger partial charge in [-0.25, -0.2) is 4.98 Å². The average molecular weight is 564 g/mol. The van der Waals surface area contributed by atoms with E-state index in [-0.39, 0.29) is 24.0 Å². The van der Waals surface area contributed by atoms with Gasteiger partial charge in [0.05, 0.1) is 18.5 Å². The summed E-state index contributed by atoms with van der Waals surface area (Å²) >= 11 is 1.69. The summed E-state index contributed by atoms with van der Waals surface area (Å²) in [6.07, 6.45) is 1.92. The Morgan fingerprint density at radius 3 is 2.75 bits per heavy atom. The molecule has 0 spiro atoms. The van der Waals surface area contributed by atoms with Crippen LogP contribution in [0.3, 0.4) is 0 Å². The van der Waals surface area contributed by atoms with Crippen LogP contribution in [0.5, 0.6) is 5.75 Å². The Labute approximate surface area is 211 Å². The Morgan fingerprint density at radius 2 is 1.97 bits per heavy atom. The molecule has 4 rings (SSSR count). The number of aliphatic imine (C=N–C) groups is 1. The highest BCUT2D eigenvalue weighted by molar-refractivity contribution is 14.0. The van der Waals surface area contributed by atoms with Crippen molar-refractivity contribution in [3.8, 4) is 16.3 Å². The molecule has 1 aromatic heterocycles. The van der Waals surface area contributed by atoms with Gasteiger partial charge in [-0.2, -0.15) is 0 Å². The van der Waals surface area contributed by atoms with Crippen LogP contribution >= 0.6 is 35.3 Å². The summed E-state index contributed by atoms with van der Waals surface area (Å²) in [4.78, 5) is 11.5. The predicted molar refractivity (Wildman–Crippen MR) is 145 cm³/mol. The van der Waals surface area contributed by atoms with E-state index in [0.29, 0.717) is 6.04 Å². The van der Waals surface area contributed by atoms with Crippen molar-refractivity contribution in [3.63, 3.8) is 0 Å². The zero-order valence-corrected chi connectivity index (χ0v) is 21.6. The third-order valence-electron chi connectivity index (χ3n) is 5.42. The van der Waals surface area contributed by atoms with Crippen LogP contribution in [-0.4, -0.2) is 50.8 Å². The molecular formula is C24H30IN5OS. The second kappa shape index (κ2) is 12.1. The average Bonchev–Trinajstić information content (AvgIpc) is 3.49. The Kier molecular flexibility index (Phi) is 9.16. The summed E-state index contributed by atoms with van der Waals surface area (Å²) in [6, 6.07) is 18.9. The molecule has 0 radical (unpaired) electrons. The zero-order chi connectivity index (χ0) is 21.5. The van der Waals surface area contributed by atoms with Crippen LogP contribution in [0.2, 0.25) is 0 Å². The number of thiazole rings is 1. The molecule has 1 aliphatic heterocycles. The van der Waals surface area contributed by atoms with Gasteiger partial charge in [0.15, 0.2) is 5.96 Å². The number of rotatable bonds is 7. The number of ether oxygens (including phenoxy) is 1. The SMILES string of the molecule is CN=C(NCCc1csc(-c2ccccc2)n1)NC1CCN(c2ccccc2OC)C1.I. The maximum absolute atomic E-state index is 5.52. The number of nitrogens with one attached hydrogen (secondary N) is 2. The van der Waals surface area contributed by atoms with Crippen molar-refractivity contribution in [3.05, 3.63) is 65.7 Å². The van der Waals surface area contributed by atoms with Crippen LogP contribution in [0, 0.1) is 0 Å². The van der Waals surface area contributed by atoms with Gasteiger partial charge in [-0.05, 0) is 18.6 Å². The largest absolute Gasteiger partial charge is 0.495 e. The minimum absolute atomic E-state index is 0. The molecule has 3 aromatic rings. The van der Waals surface area contributed by atoms with Gasteiger partial charge < -0.3 is 20.3 Å². The molecule has 2 aromatic carbocycles. The molecule has 0 amide bonds. The standard InChI is InChI=1S/C24H29N5OS.HI/c1-25-24(26-14-12-20-17-31-23(27-20)18-8-4-3-5-9-18)28-19-13-15-29(16-19)21-10-6-7-11-22(21)30-2;/h3-11,17,19H,12-16H2,1-2H3,(H2,25,26,28);1H. The molecule has 2 heterocycles. The second-order valence-electron chi connectivity index (χ2n) is 7.51. The minimum Gasteiger partial charge on any atom is -0.495 e. The van der Waals surface area contributed by atoms with E-state index in [4.69, 9.17) is 9.72 Å². The number of nitrogens with zero attached hydrogens (tertiary/aromatic N) is 3. The summed E-state index contributed by atoms with van der Waals surface area (Å²) < 4.78 is 5.52. The Balaban J connectivity index is 0.00000289. The number of halogens is 1. The van der Waals surface area contributed by atoms with Gasteiger partial charge >= 0.3 is 0 Å². The van der Waals surface area contributed by atoms with Gasteiger partial charge in [-0.3, -0.25) is 4.99 Å². The molecule has 1 fully saturated rings. The first-order valence-corrected chi connectivity index (χ1v) is 11.5. The monoisotopic (exact) mass is 563 g/mol. The number of benzene rings is 2. The molecule has 1 saturated heterocycles. The lowest BCUT2D eigenvalue weighted by Crippen LogP contribution is -2.45. The van der Waals surface area contributed by atoms with Crippen molar-refractivity contribution in [2.75, 3.05) is 38.7 Å². The van der Waals surface area contributed by atoms with E-state index in [2.05, 4.69) is 50.2 Å². The van der Waals surface area contributed by atoms with Crippen molar-refractivity contribution in [1.82, 2.24) is 15.6 Å². The third-order valence-corrected chi connectivity index (χ3v) is 6.36. The highest BCUT2D eigenvalue weighted by Crippen LogP contribution is 2.30. The first-order chi connectivity index (χ1) is 15.3. The van der Waals surface area contributed by atoms with Crippen LogP contribution < -0.4 is 20.3 Å². The number of anilines is 1. The van der Waals surface area contributed by atoms with Gasteiger partial charge in [-0.1, -0.05) is 42.5 Å². The molecule has 2 N–H and O–H groups in total. The van der Waals surface area contributed by atoms with Crippen molar-refractivity contribution < 1.29 is 4.74 Å². The number of hydrogen-bond acceptors (Lipinski definition) is 5. The topological polar surface area (TPSA) is 61.8 Å². The van der Waals surface area contributed by atoms with Gasteiger partial charge in [0.2, 0.25) is 0 Å². The van der Waals surface area contributed by atoms with Crippen molar-refractivity contribution >= 4 is 47.0 Å². The highest BCUT2D eigenvalue weighted by atomic mass is 127. The van der Waals surface area contributed by atoms with Crippen LogP contribution in [0.1, 0.15) is 12.1 Å². The predicted octanol–water partition coefficient (Wildman–Crippen LogP) is 4.42.